The number of nitrogens with zero attached hydrogens (tertiary/aromatic N) is 5. The predicted molar refractivity (Wildman–Crippen MR) is 109 cm³/mol. The van der Waals surface area contributed by atoms with Crippen molar-refractivity contribution < 1.29 is 23.5 Å². The Hall–Kier alpha value is -3.89. The molecule has 9 nitrogen and oxygen atoms in total. The molecule has 1 saturated carbocycles. The average Bonchev–Trinajstić information content (AvgIpc) is 3.16. The molecule has 1 aromatic heterocycles. The number of para-hydroxylation sites is 1. The van der Waals surface area contributed by atoms with Gasteiger partial charge in [0.05, 0.1) is 5.56 Å². The van der Waals surface area contributed by atoms with Crippen molar-refractivity contribution in [3.8, 4) is 11.4 Å². The number of anilines is 1. The molecule has 0 bridgehead atoms. The van der Waals surface area contributed by atoms with Crippen molar-refractivity contribution in [1.29, 1.82) is 0 Å². The van der Waals surface area contributed by atoms with Crippen LogP contribution in [0.3, 0.4) is 0 Å². The molecule has 3 aromatic rings. The molecule has 32 heavy (non-hydrogen) atoms. The number of aromatic hydroxyl groups is 1. The van der Waals surface area contributed by atoms with Gasteiger partial charge in [-0.2, -0.15) is 4.68 Å². The van der Waals surface area contributed by atoms with Crippen molar-refractivity contribution in [1.82, 2.24) is 19.8 Å². The zero-order chi connectivity index (χ0) is 22.8. The minimum atomic E-state index is -1.14. The molecule has 1 heterocycles. The second-order valence-electron chi connectivity index (χ2n) is 7.46. The molecule has 1 N–H and O–H groups in total. The maximum atomic E-state index is 14.1. The van der Waals surface area contributed by atoms with Crippen LogP contribution in [-0.2, 0) is 0 Å². The molecular weight excluding hydrogens is 424 g/mol. The van der Waals surface area contributed by atoms with E-state index in [1.807, 2.05) is 0 Å². The van der Waals surface area contributed by atoms with Crippen LogP contribution in [0, 0.1) is 11.6 Å². The monoisotopic (exact) mass is 443 g/mol. The van der Waals surface area contributed by atoms with Crippen molar-refractivity contribution in [2.45, 2.75) is 38.1 Å². The molecule has 0 spiro atoms. The molecule has 0 unspecified atom stereocenters. The first-order chi connectivity index (χ1) is 15.4. The number of carbonyl (C=O) groups is 2. The Morgan fingerprint density at radius 3 is 2.44 bits per heavy atom. The van der Waals surface area contributed by atoms with E-state index in [4.69, 9.17) is 0 Å². The van der Waals surface area contributed by atoms with E-state index in [9.17, 15) is 28.3 Å². The molecular formula is C21H19F2N5O4. The molecule has 166 valence electrons. The van der Waals surface area contributed by atoms with Crippen molar-refractivity contribution >= 4 is 18.0 Å². The normalized spacial score (nSPS) is 14.3. The van der Waals surface area contributed by atoms with Crippen LogP contribution in [0.5, 0.6) is 5.75 Å². The Bertz CT molecular complexity index is 1210. The van der Waals surface area contributed by atoms with Crippen LogP contribution in [0.15, 0.2) is 41.2 Å². The van der Waals surface area contributed by atoms with Crippen LogP contribution < -0.4 is 10.6 Å². The summed E-state index contributed by atoms with van der Waals surface area (Å²) in [6, 6.07) is 5.91. The number of aromatic nitrogens is 4. The van der Waals surface area contributed by atoms with Gasteiger partial charge in [0.2, 0.25) is 0 Å². The molecule has 1 aliphatic carbocycles. The van der Waals surface area contributed by atoms with Crippen LogP contribution in [0.1, 0.15) is 42.5 Å². The fourth-order valence-electron chi connectivity index (χ4n) is 3.90. The third-order valence-electron chi connectivity index (χ3n) is 5.47. The summed E-state index contributed by atoms with van der Waals surface area (Å²) in [6.07, 6.45) is 4.45. The fraction of sp³-hybridized carbons (Fsp3) is 0.286. The van der Waals surface area contributed by atoms with E-state index in [-0.39, 0.29) is 23.0 Å². The number of amides is 1. The first-order valence-electron chi connectivity index (χ1n) is 10.0. The maximum Gasteiger partial charge on any atom is 0.377 e. The van der Waals surface area contributed by atoms with E-state index in [1.165, 1.54) is 23.1 Å². The smallest absolute Gasteiger partial charge is 0.377 e. The second-order valence-corrected chi connectivity index (χ2v) is 7.46. The van der Waals surface area contributed by atoms with Gasteiger partial charge in [-0.1, -0.05) is 25.3 Å². The Labute approximate surface area is 180 Å². The Kier molecular flexibility index (Phi) is 5.80. The largest absolute Gasteiger partial charge is 0.507 e. The van der Waals surface area contributed by atoms with Crippen LogP contribution in [0.25, 0.3) is 5.69 Å². The number of aldehydes is 1. The Morgan fingerprint density at radius 1 is 1.09 bits per heavy atom. The highest BCUT2D eigenvalue weighted by atomic mass is 19.1. The number of benzene rings is 2. The minimum absolute atomic E-state index is 0.0273. The molecule has 0 radical (unpaired) electrons. The minimum Gasteiger partial charge on any atom is -0.507 e. The topological polar surface area (TPSA) is 110 Å². The number of hydrogen-bond acceptors (Lipinski definition) is 6. The number of rotatable bonds is 4. The van der Waals surface area contributed by atoms with Crippen LogP contribution in [0.4, 0.5) is 19.3 Å². The van der Waals surface area contributed by atoms with Crippen molar-refractivity contribution in [2.75, 3.05) is 4.90 Å². The molecule has 2 aromatic carbocycles. The molecule has 11 heteroatoms. The quantitative estimate of drug-likeness (QED) is 0.490. The van der Waals surface area contributed by atoms with Gasteiger partial charge in [0, 0.05) is 11.7 Å². The van der Waals surface area contributed by atoms with Gasteiger partial charge in [0.1, 0.15) is 11.4 Å². The standard InChI is InChI=1S/C21H19F2N5O4/c22-16-7-4-8-17(23)19(16)27-21(32)28(25-24-27)20(31)26(14-5-2-1-3-6-14)15-9-10-18(30)13(11-15)12-29/h4,7-12,14,30H,1-3,5-6H2. The SMILES string of the molecule is O=Cc1cc(N(C(=O)n2nnn(-c3c(F)cccc3F)c2=O)C2CCCCC2)ccc1O. The molecule has 1 fully saturated rings. The zero-order valence-corrected chi connectivity index (χ0v) is 16.8. The lowest BCUT2D eigenvalue weighted by Crippen LogP contribution is -2.47. The third-order valence-corrected chi connectivity index (χ3v) is 5.47. The molecule has 0 aliphatic heterocycles. The number of halogens is 2. The fourth-order valence-corrected chi connectivity index (χ4v) is 3.90. The van der Waals surface area contributed by atoms with Crippen LogP contribution >= 0.6 is 0 Å². The number of hydrogen-bond donors (Lipinski definition) is 1. The molecule has 0 atom stereocenters. The van der Waals surface area contributed by atoms with E-state index in [0.717, 1.165) is 37.5 Å². The number of tetrazole rings is 1. The van der Waals surface area contributed by atoms with E-state index in [0.29, 0.717) is 28.5 Å². The lowest BCUT2D eigenvalue weighted by atomic mass is 9.94. The van der Waals surface area contributed by atoms with Gasteiger partial charge in [-0.25, -0.2) is 18.4 Å². The summed E-state index contributed by atoms with van der Waals surface area (Å²) < 4.78 is 29.1. The Morgan fingerprint density at radius 2 is 1.78 bits per heavy atom. The number of carbonyl (C=O) groups excluding carboxylic acids is 2. The van der Waals surface area contributed by atoms with Gasteiger partial charge in [-0.15, -0.1) is 4.68 Å². The predicted octanol–water partition coefficient (Wildman–Crippen LogP) is 3.03. The molecule has 1 aliphatic rings. The summed E-state index contributed by atoms with van der Waals surface area (Å²) >= 11 is 0. The van der Waals surface area contributed by atoms with Crippen LogP contribution in [0.2, 0.25) is 0 Å². The lowest BCUT2D eigenvalue weighted by molar-refractivity contribution is 0.112. The number of phenols is 1. The van der Waals surface area contributed by atoms with Gasteiger partial charge in [-0.05, 0) is 53.6 Å². The van der Waals surface area contributed by atoms with Gasteiger partial charge in [-0.3, -0.25) is 9.69 Å². The van der Waals surface area contributed by atoms with E-state index in [1.54, 1.807) is 0 Å². The first-order valence-corrected chi connectivity index (χ1v) is 10.0. The van der Waals surface area contributed by atoms with Gasteiger partial charge >= 0.3 is 11.7 Å². The highest BCUT2D eigenvalue weighted by molar-refractivity contribution is 5.95. The molecule has 1 amide bonds. The van der Waals surface area contributed by atoms with Gasteiger partial charge < -0.3 is 5.11 Å². The van der Waals surface area contributed by atoms with Gasteiger partial charge in [0.25, 0.3) is 0 Å². The summed E-state index contributed by atoms with van der Waals surface area (Å²) in [5.41, 5.74) is -1.64. The average molecular weight is 443 g/mol. The summed E-state index contributed by atoms with van der Waals surface area (Å²) in [5, 5.41) is 16.9. The lowest BCUT2D eigenvalue weighted by Gasteiger charge is -2.33. The van der Waals surface area contributed by atoms with E-state index >= 15 is 0 Å². The highest BCUT2D eigenvalue weighted by Gasteiger charge is 2.31. The van der Waals surface area contributed by atoms with Gasteiger partial charge in [0.15, 0.2) is 17.9 Å². The summed E-state index contributed by atoms with van der Waals surface area (Å²) in [4.78, 5) is 38.8. The number of phenolic OH excluding ortho intramolecular Hbond substituents is 1. The summed E-state index contributed by atoms with van der Waals surface area (Å²) in [6.45, 7) is 0. The maximum absolute atomic E-state index is 14.1. The molecule has 4 rings (SSSR count). The van der Waals surface area contributed by atoms with Crippen LogP contribution in [-0.4, -0.2) is 43.3 Å². The molecule has 0 saturated heterocycles. The van der Waals surface area contributed by atoms with E-state index in [2.05, 4.69) is 10.4 Å². The van der Waals surface area contributed by atoms with Crippen molar-refractivity contribution in [3.63, 3.8) is 0 Å². The van der Waals surface area contributed by atoms with E-state index < -0.39 is 29.0 Å². The second kappa shape index (κ2) is 8.69. The Balaban J connectivity index is 1.79. The summed E-state index contributed by atoms with van der Waals surface area (Å²) in [5.74, 6) is -2.33. The summed E-state index contributed by atoms with van der Waals surface area (Å²) in [7, 11) is 0. The zero-order valence-electron chi connectivity index (χ0n) is 16.8. The third kappa shape index (κ3) is 3.77. The first kappa shape index (κ1) is 21.3. The highest BCUT2D eigenvalue weighted by Crippen LogP contribution is 2.30. The van der Waals surface area contributed by atoms with Crippen molar-refractivity contribution in [2.24, 2.45) is 0 Å². The van der Waals surface area contributed by atoms with Crippen molar-refractivity contribution in [3.05, 3.63) is 64.1 Å².